The van der Waals surface area contributed by atoms with Gasteiger partial charge in [0.25, 0.3) is 0 Å². The van der Waals surface area contributed by atoms with Crippen LogP contribution in [-0.2, 0) is 6.54 Å². The number of nitrogens with one attached hydrogen (secondary N) is 1. The average molecular weight is 207 g/mol. The number of benzene rings is 1. The lowest BCUT2D eigenvalue weighted by Crippen LogP contribution is -2.18. The molecule has 1 unspecified atom stereocenters. The van der Waals surface area contributed by atoms with E-state index in [9.17, 15) is 0 Å². The molecule has 1 aromatic rings. The number of aryl methyl sites for hydroxylation is 2. The topological polar surface area (TPSA) is 32.3 Å². The van der Waals surface area contributed by atoms with E-state index in [-0.39, 0.29) is 6.10 Å². The van der Waals surface area contributed by atoms with Gasteiger partial charge in [0.15, 0.2) is 0 Å². The smallest absolute Gasteiger partial charge is 0.0524 e. The second kappa shape index (κ2) is 5.89. The third-order valence-electron chi connectivity index (χ3n) is 2.64. The van der Waals surface area contributed by atoms with Crippen molar-refractivity contribution in [3.63, 3.8) is 0 Å². The molecule has 0 radical (unpaired) electrons. The van der Waals surface area contributed by atoms with E-state index >= 15 is 0 Å². The molecule has 2 N–H and O–H groups in total. The molecule has 0 spiro atoms. The Morgan fingerprint density at radius 2 is 2.00 bits per heavy atom. The standard InChI is InChI=1S/C13H21NO/c1-10-4-5-13(8-11(10)2)9-14-7-6-12(3)15/h4-5,8,12,14-15H,6-7,9H2,1-3H3. The average Bonchev–Trinajstić information content (AvgIpc) is 2.18. The summed E-state index contributed by atoms with van der Waals surface area (Å²) in [6.45, 7) is 7.82. The predicted molar refractivity (Wildman–Crippen MR) is 63.9 cm³/mol. The molecule has 2 nitrogen and oxygen atoms in total. The fourth-order valence-corrected chi connectivity index (χ4v) is 1.46. The van der Waals surface area contributed by atoms with Crippen molar-refractivity contribution >= 4 is 0 Å². The van der Waals surface area contributed by atoms with Crippen molar-refractivity contribution in [1.29, 1.82) is 0 Å². The molecule has 84 valence electrons. The van der Waals surface area contributed by atoms with E-state index < -0.39 is 0 Å². The Morgan fingerprint density at radius 3 is 2.60 bits per heavy atom. The van der Waals surface area contributed by atoms with Crippen LogP contribution in [0.1, 0.15) is 30.0 Å². The highest BCUT2D eigenvalue weighted by atomic mass is 16.3. The first kappa shape index (κ1) is 12.2. The second-order valence-electron chi connectivity index (χ2n) is 4.23. The molecule has 0 bridgehead atoms. The van der Waals surface area contributed by atoms with Gasteiger partial charge in [-0.2, -0.15) is 0 Å². The van der Waals surface area contributed by atoms with Crippen LogP contribution in [0.25, 0.3) is 0 Å². The maximum Gasteiger partial charge on any atom is 0.0524 e. The molecule has 0 aliphatic heterocycles. The van der Waals surface area contributed by atoms with E-state index in [0.717, 1.165) is 19.5 Å². The van der Waals surface area contributed by atoms with Crippen molar-refractivity contribution < 1.29 is 5.11 Å². The molecular formula is C13H21NO. The van der Waals surface area contributed by atoms with E-state index in [2.05, 4.69) is 37.4 Å². The molecule has 0 aromatic heterocycles. The van der Waals surface area contributed by atoms with Crippen molar-refractivity contribution in [2.45, 2.75) is 39.8 Å². The molecule has 0 saturated heterocycles. The Balaban J connectivity index is 2.35. The van der Waals surface area contributed by atoms with Crippen LogP contribution < -0.4 is 5.32 Å². The molecule has 2 heteroatoms. The highest BCUT2D eigenvalue weighted by Crippen LogP contribution is 2.09. The Morgan fingerprint density at radius 1 is 1.27 bits per heavy atom. The largest absolute Gasteiger partial charge is 0.393 e. The van der Waals surface area contributed by atoms with Gasteiger partial charge in [-0.3, -0.25) is 0 Å². The zero-order valence-electron chi connectivity index (χ0n) is 9.88. The summed E-state index contributed by atoms with van der Waals surface area (Å²) in [6, 6.07) is 6.52. The van der Waals surface area contributed by atoms with Gasteiger partial charge < -0.3 is 10.4 Å². The van der Waals surface area contributed by atoms with Crippen molar-refractivity contribution in [3.8, 4) is 0 Å². The van der Waals surface area contributed by atoms with Crippen LogP contribution in [0.2, 0.25) is 0 Å². The van der Waals surface area contributed by atoms with E-state index in [1.165, 1.54) is 16.7 Å². The van der Waals surface area contributed by atoms with E-state index in [1.54, 1.807) is 0 Å². The number of aliphatic hydroxyl groups excluding tert-OH is 1. The molecule has 0 heterocycles. The maximum absolute atomic E-state index is 9.09. The zero-order valence-corrected chi connectivity index (χ0v) is 9.88. The summed E-state index contributed by atoms with van der Waals surface area (Å²) in [5.41, 5.74) is 3.98. The van der Waals surface area contributed by atoms with Crippen LogP contribution in [0.5, 0.6) is 0 Å². The van der Waals surface area contributed by atoms with Gasteiger partial charge >= 0.3 is 0 Å². The lowest BCUT2D eigenvalue weighted by atomic mass is 10.1. The number of hydrogen-bond donors (Lipinski definition) is 2. The summed E-state index contributed by atoms with van der Waals surface area (Å²) in [5, 5.41) is 12.4. The second-order valence-corrected chi connectivity index (χ2v) is 4.23. The number of hydrogen-bond acceptors (Lipinski definition) is 2. The van der Waals surface area contributed by atoms with Crippen LogP contribution in [0.4, 0.5) is 0 Å². The molecule has 0 aliphatic carbocycles. The summed E-state index contributed by atoms with van der Waals surface area (Å²) in [4.78, 5) is 0. The van der Waals surface area contributed by atoms with Gasteiger partial charge in [-0.15, -0.1) is 0 Å². The monoisotopic (exact) mass is 207 g/mol. The lowest BCUT2D eigenvalue weighted by Gasteiger charge is -2.08. The third kappa shape index (κ3) is 4.45. The van der Waals surface area contributed by atoms with Crippen LogP contribution in [0, 0.1) is 13.8 Å². The Bertz CT molecular complexity index is 307. The van der Waals surface area contributed by atoms with Crippen molar-refractivity contribution in [2.24, 2.45) is 0 Å². The summed E-state index contributed by atoms with van der Waals surface area (Å²) in [5.74, 6) is 0. The normalized spacial score (nSPS) is 12.8. The van der Waals surface area contributed by atoms with E-state index in [1.807, 2.05) is 6.92 Å². The molecule has 1 rings (SSSR count). The molecule has 0 saturated carbocycles. The summed E-state index contributed by atoms with van der Waals surface area (Å²) < 4.78 is 0. The van der Waals surface area contributed by atoms with Gasteiger partial charge in [0.2, 0.25) is 0 Å². The van der Waals surface area contributed by atoms with E-state index in [4.69, 9.17) is 5.11 Å². The van der Waals surface area contributed by atoms with Crippen molar-refractivity contribution in [3.05, 3.63) is 34.9 Å². The van der Waals surface area contributed by atoms with Crippen LogP contribution in [-0.4, -0.2) is 17.8 Å². The minimum Gasteiger partial charge on any atom is -0.393 e. The van der Waals surface area contributed by atoms with E-state index in [0.29, 0.717) is 0 Å². The lowest BCUT2D eigenvalue weighted by molar-refractivity contribution is 0.183. The zero-order chi connectivity index (χ0) is 11.3. The fourth-order valence-electron chi connectivity index (χ4n) is 1.46. The molecule has 0 amide bonds. The predicted octanol–water partition coefficient (Wildman–Crippen LogP) is 2.16. The molecule has 0 fully saturated rings. The number of rotatable bonds is 5. The van der Waals surface area contributed by atoms with Crippen molar-refractivity contribution in [1.82, 2.24) is 5.32 Å². The highest BCUT2D eigenvalue weighted by Gasteiger charge is 1.97. The molecule has 1 atom stereocenters. The first-order chi connectivity index (χ1) is 7.09. The number of aliphatic hydroxyl groups is 1. The van der Waals surface area contributed by atoms with Gasteiger partial charge in [0.1, 0.15) is 0 Å². The third-order valence-corrected chi connectivity index (χ3v) is 2.64. The molecule has 1 aromatic carbocycles. The Hall–Kier alpha value is -0.860. The molecular weight excluding hydrogens is 186 g/mol. The highest BCUT2D eigenvalue weighted by molar-refractivity contribution is 5.29. The first-order valence-corrected chi connectivity index (χ1v) is 5.54. The summed E-state index contributed by atoms with van der Waals surface area (Å²) in [7, 11) is 0. The van der Waals surface area contributed by atoms with Crippen LogP contribution in [0.3, 0.4) is 0 Å². The van der Waals surface area contributed by atoms with Gasteiger partial charge in [-0.05, 0) is 50.4 Å². The maximum atomic E-state index is 9.09. The first-order valence-electron chi connectivity index (χ1n) is 5.54. The molecule has 15 heavy (non-hydrogen) atoms. The van der Waals surface area contributed by atoms with Gasteiger partial charge in [0, 0.05) is 6.54 Å². The van der Waals surface area contributed by atoms with Crippen LogP contribution in [0.15, 0.2) is 18.2 Å². The van der Waals surface area contributed by atoms with Crippen molar-refractivity contribution in [2.75, 3.05) is 6.54 Å². The molecule has 0 aliphatic rings. The summed E-state index contributed by atoms with van der Waals surface area (Å²) in [6.07, 6.45) is 0.599. The summed E-state index contributed by atoms with van der Waals surface area (Å²) >= 11 is 0. The minimum absolute atomic E-state index is 0.211. The van der Waals surface area contributed by atoms with Gasteiger partial charge in [0.05, 0.1) is 6.10 Å². The van der Waals surface area contributed by atoms with Gasteiger partial charge in [-0.1, -0.05) is 18.2 Å². The quantitative estimate of drug-likeness (QED) is 0.725. The Labute approximate surface area is 92.3 Å². The Kier molecular flexibility index (Phi) is 4.79. The van der Waals surface area contributed by atoms with Crippen LogP contribution >= 0.6 is 0 Å². The SMILES string of the molecule is Cc1ccc(CNCCC(C)O)cc1C. The minimum atomic E-state index is -0.211. The fraction of sp³-hybridized carbons (Fsp3) is 0.538. The van der Waals surface area contributed by atoms with Gasteiger partial charge in [-0.25, -0.2) is 0 Å².